The molecule has 10 rings (SSSR count). The van der Waals surface area contributed by atoms with E-state index in [4.69, 9.17) is 4.74 Å². The average Bonchev–Trinajstić information content (AvgIpc) is 3.79. The van der Waals surface area contributed by atoms with Crippen LogP contribution in [0.3, 0.4) is 0 Å². The summed E-state index contributed by atoms with van der Waals surface area (Å²) in [7, 11) is 0. The molecule has 0 bridgehead atoms. The molecule has 0 atom stereocenters. The van der Waals surface area contributed by atoms with Crippen LogP contribution in [-0.4, -0.2) is 11.2 Å². The normalized spacial score (nSPS) is 12.3. The van der Waals surface area contributed by atoms with E-state index in [-0.39, 0.29) is 0 Å². The Morgan fingerprint density at radius 1 is 0.509 bits per heavy atom. The first-order valence-electron chi connectivity index (χ1n) is 19.6. The number of fused-ring (bicyclic) bond motifs is 4. The van der Waals surface area contributed by atoms with Gasteiger partial charge >= 0.3 is 0 Å². The van der Waals surface area contributed by atoms with Crippen LogP contribution >= 0.6 is 0 Å². The fraction of sp³-hybridized carbons (Fsp3) is 0.0769. The van der Waals surface area contributed by atoms with Gasteiger partial charge in [-0.05, 0) is 79.1 Å². The summed E-state index contributed by atoms with van der Waals surface area (Å²) in [5.41, 5.74) is 15.3. The molecule has 2 heterocycles. The summed E-state index contributed by atoms with van der Waals surface area (Å²) >= 11 is 0. The number of aromatic nitrogens is 1. The maximum atomic E-state index is 6.71. The number of ether oxygens (including phenoxy) is 1. The minimum absolute atomic E-state index is 0.636. The number of benzene rings is 8. The van der Waals surface area contributed by atoms with Gasteiger partial charge in [-0.15, -0.1) is 0 Å². The number of rotatable bonds is 9. The average molecular weight is 739 g/mol. The van der Waals surface area contributed by atoms with Gasteiger partial charge in [-0.2, -0.15) is 0 Å². The number of hydrogen-bond donors (Lipinski definition) is 1. The maximum Gasteiger partial charge on any atom is 0.129 e. The van der Waals surface area contributed by atoms with E-state index in [0.717, 1.165) is 39.8 Å². The van der Waals surface area contributed by atoms with Gasteiger partial charge in [0.05, 0.1) is 34.8 Å². The highest BCUT2D eigenvalue weighted by Crippen LogP contribution is 2.50. The van der Waals surface area contributed by atoms with Crippen molar-refractivity contribution >= 4 is 50.2 Å². The van der Waals surface area contributed by atoms with Crippen molar-refractivity contribution in [1.29, 1.82) is 0 Å². The van der Waals surface area contributed by atoms with Gasteiger partial charge < -0.3 is 24.4 Å². The SMILES string of the molecule is Cc1ccc(NCn2c3ccccc3c3ccc(Oc4cccc(N5CN(c6c(-c7ccccc7)cccc6-c6ccccc6)c6ccccc65)c4)cc32)c(C)c1. The van der Waals surface area contributed by atoms with Crippen LogP contribution in [0, 0.1) is 13.8 Å². The van der Waals surface area contributed by atoms with Crippen molar-refractivity contribution in [3.05, 3.63) is 199 Å². The second-order valence-electron chi connectivity index (χ2n) is 14.8. The van der Waals surface area contributed by atoms with Gasteiger partial charge in [-0.25, -0.2) is 0 Å². The molecule has 57 heavy (non-hydrogen) atoms. The first-order chi connectivity index (χ1) is 28.1. The van der Waals surface area contributed by atoms with Crippen molar-refractivity contribution in [2.24, 2.45) is 0 Å². The van der Waals surface area contributed by atoms with Crippen LogP contribution in [0.1, 0.15) is 11.1 Å². The van der Waals surface area contributed by atoms with Gasteiger partial charge in [-0.3, -0.25) is 0 Å². The van der Waals surface area contributed by atoms with Crippen molar-refractivity contribution in [1.82, 2.24) is 4.57 Å². The van der Waals surface area contributed by atoms with Crippen molar-refractivity contribution < 1.29 is 4.74 Å². The molecule has 0 spiro atoms. The number of anilines is 5. The van der Waals surface area contributed by atoms with Gasteiger partial charge in [0.25, 0.3) is 0 Å². The Kier molecular flexibility index (Phi) is 8.68. The zero-order valence-electron chi connectivity index (χ0n) is 32.1. The van der Waals surface area contributed by atoms with Crippen LogP contribution in [0.5, 0.6) is 11.5 Å². The quantitative estimate of drug-likeness (QED) is 0.160. The number of nitrogens with one attached hydrogen (secondary N) is 1. The Hall–Kier alpha value is -7.24. The minimum Gasteiger partial charge on any atom is -0.457 e. The van der Waals surface area contributed by atoms with Crippen molar-refractivity contribution in [2.75, 3.05) is 21.8 Å². The fourth-order valence-corrected chi connectivity index (χ4v) is 8.45. The predicted molar refractivity (Wildman–Crippen MR) is 238 cm³/mol. The molecule has 8 aromatic carbocycles. The van der Waals surface area contributed by atoms with Crippen molar-refractivity contribution in [3.63, 3.8) is 0 Å². The van der Waals surface area contributed by atoms with E-state index in [9.17, 15) is 0 Å². The summed E-state index contributed by atoms with van der Waals surface area (Å²) in [6.45, 7) is 5.57. The molecule has 0 aliphatic carbocycles. The van der Waals surface area contributed by atoms with Crippen molar-refractivity contribution in [3.8, 4) is 33.8 Å². The second kappa shape index (κ2) is 14.4. The van der Waals surface area contributed by atoms with Crippen molar-refractivity contribution in [2.45, 2.75) is 20.5 Å². The molecule has 1 aliphatic heterocycles. The Bertz CT molecular complexity index is 2840. The molecular weight excluding hydrogens is 697 g/mol. The molecular formula is C52H42N4O. The lowest BCUT2D eigenvalue weighted by molar-refractivity contribution is 0.483. The van der Waals surface area contributed by atoms with Gasteiger partial charge in [0.15, 0.2) is 0 Å². The first-order valence-corrected chi connectivity index (χ1v) is 19.6. The van der Waals surface area contributed by atoms with Gasteiger partial charge in [-0.1, -0.05) is 133 Å². The Balaban J connectivity index is 0.997. The lowest BCUT2D eigenvalue weighted by Crippen LogP contribution is -2.24. The smallest absolute Gasteiger partial charge is 0.129 e. The second-order valence-corrected chi connectivity index (χ2v) is 14.8. The molecule has 0 unspecified atom stereocenters. The number of hydrogen-bond acceptors (Lipinski definition) is 4. The van der Waals surface area contributed by atoms with Crippen LogP contribution < -0.4 is 19.9 Å². The van der Waals surface area contributed by atoms with E-state index >= 15 is 0 Å². The zero-order valence-corrected chi connectivity index (χ0v) is 32.1. The van der Waals surface area contributed by atoms with E-state index in [0.29, 0.717) is 13.3 Å². The summed E-state index contributed by atoms with van der Waals surface area (Å²) in [6.07, 6.45) is 0. The number of nitrogens with zero attached hydrogens (tertiary/aromatic N) is 3. The van der Waals surface area contributed by atoms with E-state index in [1.54, 1.807) is 0 Å². The third-order valence-electron chi connectivity index (χ3n) is 11.1. The molecule has 9 aromatic rings. The number of para-hydroxylation sites is 4. The highest BCUT2D eigenvalue weighted by atomic mass is 16.5. The summed E-state index contributed by atoms with van der Waals surface area (Å²) in [5.74, 6) is 1.58. The summed E-state index contributed by atoms with van der Waals surface area (Å²) < 4.78 is 9.06. The molecule has 0 fully saturated rings. The molecule has 0 radical (unpaired) electrons. The molecule has 0 saturated heterocycles. The summed E-state index contributed by atoms with van der Waals surface area (Å²) in [6, 6.07) is 66.9. The molecule has 5 heteroatoms. The third kappa shape index (κ3) is 6.33. The third-order valence-corrected chi connectivity index (χ3v) is 11.1. The Morgan fingerprint density at radius 3 is 1.88 bits per heavy atom. The van der Waals surface area contributed by atoms with E-state index in [1.165, 1.54) is 55.4 Å². The molecule has 0 amide bonds. The first kappa shape index (κ1) is 34.3. The number of aryl methyl sites for hydroxylation is 2. The van der Waals surface area contributed by atoms with E-state index < -0.39 is 0 Å². The summed E-state index contributed by atoms with van der Waals surface area (Å²) in [5, 5.41) is 6.13. The molecule has 1 aliphatic rings. The van der Waals surface area contributed by atoms with Gasteiger partial charge in [0.2, 0.25) is 0 Å². The minimum atomic E-state index is 0.636. The van der Waals surface area contributed by atoms with Crippen LogP contribution in [0.25, 0.3) is 44.1 Å². The molecule has 276 valence electrons. The lowest BCUT2D eigenvalue weighted by atomic mass is 9.95. The standard InChI is InChI=1S/C52H42N4O/c1-36-27-30-47(37(2)31-36)53-34-54-48-24-10-9-21-45(48)46-29-28-42(33-51(46)54)57-41-20-13-19-40(32-41)55-35-56(50-26-12-11-25-49(50)55)52-43(38-15-5-3-6-16-38)22-14-23-44(52)39-17-7-4-8-18-39/h3-33,53H,34-35H2,1-2H3. The fourth-order valence-electron chi connectivity index (χ4n) is 8.45. The van der Waals surface area contributed by atoms with E-state index in [2.05, 4.69) is 216 Å². The highest BCUT2D eigenvalue weighted by Gasteiger charge is 2.31. The Morgan fingerprint density at radius 2 is 1.14 bits per heavy atom. The van der Waals surface area contributed by atoms with Gasteiger partial charge in [0.1, 0.15) is 18.2 Å². The molecule has 1 aromatic heterocycles. The molecule has 5 nitrogen and oxygen atoms in total. The van der Waals surface area contributed by atoms with Crippen LogP contribution in [-0.2, 0) is 6.67 Å². The Labute approximate surface area is 333 Å². The lowest BCUT2D eigenvalue weighted by Gasteiger charge is -2.27. The molecule has 1 N–H and O–H groups in total. The topological polar surface area (TPSA) is 32.7 Å². The predicted octanol–water partition coefficient (Wildman–Crippen LogP) is 13.9. The van der Waals surface area contributed by atoms with Gasteiger partial charge in [0, 0.05) is 45.4 Å². The van der Waals surface area contributed by atoms with Crippen LogP contribution in [0.15, 0.2) is 188 Å². The monoisotopic (exact) mass is 738 g/mol. The van der Waals surface area contributed by atoms with Crippen LogP contribution in [0.2, 0.25) is 0 Å². The largest absolute Gasteiger partial charge is 0.457 e. The van der Waals surface area contributed by atoms with Crippen LogP contribution in [0.4, 0.5) is 28.4 Å². The molecule has 0 saturated carbocycles. The summed E-state index contributed by atoms with van der Waals surface area (Å²) in [4.78, 5) is 4.85. The maximum absolute atomic E-state index is 6.71. The highest BCUT2D eigenvalue weighted by molar-refractivity contribution is 6.08. The van der Waals surface area contributed by atoms with E-state index in [1.807, 2.05) is 6.07 Å². The zero-order chi connectivity index (χ0) is 38.3.